The Morgan fingerprint density at radius 3 is 2.67 bits per heavy atom. The molecule has 0 unspecified atom stereocenters. The van der Waals surface area contributed by atoms with E-state index in [2.05, 4.69) is 6.58 Å². The van der Waals surface area contributed by atoms with E-state index in [4.69, 9.17) is 27.9 Å². The van der Waals surface area contributed by atoms with E-state index in [1.54, 1.807) is 28.4 Å². The van der Waals surface area contributed by atoms with Gasteiger partial charge in [-0.3, -0.25) is 4.79 Å². The monoisotopic (exact) mass is 564 g/mol. The molecule has 0 aliphatic carbocycles. The van der Waals surface area contributed by atoms with Crippen LogP contribution in [0.1, 0.15) is 22.0 Å². The first-order chi connectivity index (χ1) is 17.2. The van der Waals surface area contributed by atoms with Crippen LogP contribution in [-0.2, 0) is 21.2 Å². The molecule has 4 rings (SSSR count). The summed E-state index contributed by atoms with van der Waals surface area (Å²) >= 11 is 13.7. The molecule has 36 heavy (non-hydrogen) atoms. The maximum Gasteiger partial charge on any atom is 0.243 e. The molecule has 0 radical (unpaired) electrons. The van der Waals surface area contributed by atoms with Gasteiger partial charge in [0.05, 0.1) is 17.5 Å². The van der Waals surface area contributed by atoms with E-state index in [-0.39, 0.29) is 36.5 Å². The summed E-state index contributed by atoms with van der Waals surface area (Å²) in [5.74, 6) is 0.359. The Labute approximate surface area is 225 Å². The summed E-state index contributed by atoms with van der Waals surface area (Å²) < 4.78 is 33.8. The molecule has 2 aromatic carbocycles. The average Bonchev–Trinajstić information content (AvgIpc) is 3.33. The lowest BCUT2D eigenvalue weighted by Gasteiger charge is -2.37. The molecule has 3 aromatic rings. The lowest BCUT2D eigenvalue weighted by molar-refractivity contribution is -0.135. The van der Waals surface area contributed by atoms with Crippen molar-refractivity contribution in [1.29, 1.82) is 0 Å². The van der Waals surface area contributed by atoms with Crippen LogP contribution in [0.4, 0.5) is 0 Å². The molecule has 2 heterocycles. The Bertz CT molecular complexity index is 1360. The summed E-state index contributed by atoms with van der Waals surface area (Å²) in [4.78, 5) is 16.5. The second kappa shape index (κ2) is 11.4. The number of carbonyl (C=O) groups is 1. The molecule has 0 bridgehead atoms. The van der Waals surface area contributed by atoms with Crippen LogP contribution in [0.2, 0.25) is 10.0 Å². The number of thiophene rings is 1. The summed E-state index contributed by atoms with van der Waals surface area (Å²) in [6.45, 7) is 5.98. The smallest absolute Gasteiger partial charge is 0.243 e. The number of benzene rings is 2. The fourth-order valence-electron chi connectivity index (χ4n) is 4.15. The molecule has 0 spiro atoms. The van der Waals surface area contributed by atoms with E-state index in [1.807, 2.05) is 24.4 Å². The second-order valence-corrected chi connectivity index (χ2v) is 12.2. The van der Waals surface area contributed by atoms with Gasteiger partial charge in [0, 0.05) is 28.0 Å². The molecule has 1 atom stereocenters. The van der Waals surface area contributed by atoms with Gasteiger partial charge in [0.25, 0.3) is 0 Å². The minimum Gasteiger partial charge on any atom is -0.491 e. The highest BCUT2D eigenvalue weighted by atomic mass is 35.5. The zero-order chi connectivity index (χ0) is 25.9. The fourth-order valence-corrected chi connectivity index (χ4v) is 6.68. The van der Waals surface area contributed by atoms with Gasteiger partial charge in [0.1, 0.15) is 12.4 Å². The van der Waals surface area contributed by atoms with Crippen molar-refractivity contribution in [2.24, 2.45) is 0 Å². The van der Waals surface area contributed by atoms with Gasteiger partial charge in [-0.25, -0.2) is 8.42 Å². The first-order valence-corrected chi connectivity index (χ1v) is 14.4. The van der Waals surface area contributed by atoms with E-state index < -0.39 is 10.0 Å². The third-order valence-electron chi connectivity index (χ3n) is 6.05. The number of aryl methyl sites for hydroxylation is 1. The lowest BCUT2D eigenvalue weighted by atomic mass is 10.0. The molecule has 6 nitrogen and oxygen atoms in total. The van der Waals surface area contributed by atoms with E-state index in [0.717, 1.165) is 15.4 Å². The van der Waals surface area contributed by atoms with Crippen LogP contribution in [0.5, 0.6) is 5.75 Å². The molecule has 0 saturated heterocycles. The van der Waals surface area contributed by atoms with Crippen LogP contribution >= 0.6 is 34.5 Å². The van der Waals surface area contributed by atoms with Gasteiger partial charge in [-0.15, -0.1) is 17.9 Å². The minimum atomic E-state index is -3.93. The van der Waals surface area contributed by atoms with Gasteiger partial charge < -0.3 is 9.64 Å². The van der Waals surface area contributed by atoms with Crippen LogP contribution in [0.25, 0.3) is 0 Å². The van der Waals surface area contributed by atoms with Gasteiger partial charge in [-0.05, 0) is 78.4 Å². The quantitative estimate of drug-likeness (QED) is 0.310. The summed E-state index contributed by atoms with van der Waals surface area (Å²) in [6.07, 6.45) is 2.18. The zero-order valence-electron chi connectivity index (χ0n) is 19.7. The van der Waals surface area contributed by atoms with Crippen LogP contribution in [0, 0.1) is 6.92 Å². The third-order valence-corrected chi connectivity index (χ3v) is 9.55. The molecule has 1 aliphatic rings. The number of rotatable bonds is 9. The van der Waals surface area contributed by atoms with Crippen molar-refractivity contribution >= 4 is 50.5 Å². The van der Waals surface area contributed by atoms with Gasteiger partial charge in [0.15, 0.2) is 0 Å². The number of hydrogen-bond acceptors (Lipinski definition) is 5. The molecule has 1 aliphatic heterocycles. The lowest BCUT2D eigenvalue weighted by Crippen LogP contribution is -2.47. The Balaban J connectivity index is 1.56. The van der Waals surface area contributed by atoms with Crippen molar-refractivity contribution < 1.29 is 17.9 Å². The van der Waals surface area contributed by atoms with E-state index in [0.29, 0.717) is 28.8 Å². The van der Waals surface area contributed by atoms with Crippen LogP contribution in [0.15, 0.2) is 71.5 Å². The highest BCUT2D eigenvalue weighted by Gasteiger charge is 2.35. The number of carbonyl (C=O) groups excluding carboxylic acids is 1. The standard InChI is InChI=1S/C26H26Cl2N2O4S2/c1-3-12-29(36(32,33)21-7-4-19(27)5-8-21)16-26(31)30-13-10-25-22(11-14-35-25)24(30)17-34-20-6-9-23(28)18(2)15-20/h3-9,11,14-15,24H,1,10,12-13,16-17H2,2H3/t24-/m0/s1. The van der Waals surface area contributed by atoms with Crippen LogP contribution in [0.3, 0.4) is 0 Å². The molecular weight excluding hydrogens is 539 g/mol. The van der Waals surface area contributed by atoms with Crippen molar-refractivity contribution in [3.05, 3.63) is 92.6 Å². The Morgan fingerprint density at radius 2 is 1.97 bits per heavy atom. The topological polar surface area (TPSA) is 66.9 Å². The molecule has 10 heteroatoms. The summed E-state index contributed by atoms with van der Waals surface area (Å²) in [5, 5.41) is 3.09. The predicted octanol–water partition coefficient (Wildman–Crippen LogP) is 5.75. The first-order valence-electron chi connectivity index (χ1n) is 11.3. The SMILES string of the molecule is C=CCN(CC(=O)N1CCc2sccc2[C@@H]1COc1ccc(Cl)c(C)c1)S(=O)(=O)c1ccc(Cl)cc1. The number of ether oxygens (including phenoxy) is 1. The number of amides is 1. The van der Waals surface area contributed by atoms with Gasteiger partial charge in [-0.1, -0.05) is 29.3 Å². The van der Waals surface area contributed by atoms with Crippen LogP contribution in [-0.4, -0.2) is 49.8 Å². The van der Waals surface area contributed by atoms with Crippen molar-refractivity contribution in [2.75, 3.05) is 26.2 Å². The second-order valence-electron chi connectivity index (χ2n) is 8.41. The molecule has 0 N–H and O–H groups in total. The number of halogens is 2. The fraction of sp³-hybridized carbons (Fsp3) is 0.269. The third kappa shape index (κ3) is 5.79. The Morgan fingerprint density at radius 1 is 1.22 bits per heavy atom. The van der Waals surface area contributed by atoms with Crippen molar-refractivity contribution in [1.82, 2.24) is 9.21 Å². The molecule has 1 aromatic heterocycles. The average molecular weight is 566 g/mol. The normalized spacial score (nSPS) is 15.6. The Hall–Kier alpha value is -2.36. The number of hydrogen-bond donors (Lipinski definition) is 0. The van der Waals surface area contributed by atoms with E-state index in [9.17, 15) is 13.2 Å². The summed E-state index contributed by atoms with van der Waals surface area (Å²) in [6, 6.07) is 13.0. The summed E-state index contributed by atoms with van der Waals surface area (Å²) in [5.41, 5.74) is 1.93. The van der Waals surface area contributed by atoms with Crippen molar-refractivity contribution in [3.8, 4) is 5.75 Å². The molecule has 190 valence electrons. The molecule has 0 fully saturated rings. The number of fused-ring (bicyclic) bond motifs is 1. The van der Waals surface area contributed by atoms with Crippen molar-refractivity contribution in [2.45, 2.75) is 24.3 Å². The highest BCUT2D eigenvalue weighted by Crippen LogP contribution is 2.34. The molecular formula is C26H26Cl2N2O4S2. The maximum atomic E-state index is 13.6. The predicted molar refractivity (Wildman–Crippen MR) is 145 cm³/mol. The van der Waals surface area contributed by atoms with Crippen LogP contribution < -0.4 is 4.74 Å². The largest absolute Gasteiger partial charge is 0.491 e. The summed E-state index contributed by atoms with van der Waals surface area (Å²) in [7, 11) is -3.93. The molecule has 0 saturated carbocycles. The van der Waals surface area contributed by atoms with Crippen molar-refractivity contribution in [3.63, 3.8) is 0 Å². The van der Waals surface area contributed by atoms with Gasteiger partial charge >= 0.3 is 0 Å². The number of nitrogens with zero attached hydrogens (tertiary/aromatic N) is 2. The Kier molecular flexibility index (Phi) is 8.42. The van der Waals surface area contributed by atoms with Gasteiger partial charge in [0.2, 0.25) is 15.9 Å². The number of sulfonamides is 1. The highest BCUT2D eigenvalue weighted by molar-refractivity contribution is 7.89. The van der Waals surface area contributed by atoms with Gasteiger partial charge in [-0.2, -0.15) is 4.31 Å². The first kappa shape index (κ1) is 26.7. The zero-order valence-corrected chi connectivity index (χ0v) is 22.8. The van der Waals surface area contributed by atoms with E-state index >= 15 is 0 Å². The minimum absolute atomic E-state index is 0.000537. The molecule has 1 amide bonds. The maximum absolute atomic E-state index is 13.6. The van der Waals surface area contributed by atoms with E-state index in [1.165, 1.54) is 35.2 Å².